The van der Waals surface area contributed by atoms with Crippen molar-refractivity contribution in [2.24, 2.45) is 0 Å². The van der Waals surface area contributed by atoms with E-state index in [4.69, 9.17) is 4.42 Å². The third-order valence-electron chi connectivity index (χ3n) is 7.66. The van der Waals surface area contributed by atoms with Gasteiger partial charge in [-0.25, -0.2) is 0 Å². The molecule has 0 saturated heterocycles. The minimum absolute atomic E-state index is 0.890. The van der Waals surface area contributed by atoms with Crippen LogP contribution in [0.1, 0.15) is 0 Å². The molecule has 0 N–H and O–H groups in total. The van der Waals surface area contributed by atoms with Crippen LogP contribution in [0.5, 0.6) is 0 Å². The van der Waals surface area contributed by atoms with Gasteiger partial charge in [0.2, 0.25) is 0 Å². The predicted octanol–water partition coefficient (Wildman–Crippen LogP) is 10.8. The first-order valence-electron chi connectivity index (χ1n) is 13.0. The van der Waals surface area contributed by atoms with E-state index in [9.17, 15) is 0 Å². The minimum atomic E-state index is 0.890. The number of benzene rings is 6. The maximum absolute atomic E-state index is 6.15. The summed E-state index contributed by atoms with van der Waals surface area (Å²) in [6, 6.07) is 47.4. The van der Waals surface area contributed by atoms with E-state index < -0.39 is 0 Å². The quantitative estimate of drug-likeness (QED) is 0.209. The molecule has 8 aromatic rings. The van der Waals surface area contributed by atoms with E-state index >= 15 is 0 Å². The summed E-state index contributed by atoms with van der Waals surface area (Å²) in [6.45, 7) is 0. The molecule has 0 saturated carbocycles. The Kier molecular flexibility index (Phi) is 5.01. The van der Waals surface area contributed by atoms with Crippen molar-refractivity contribution >= 4 is 59.7 Å². The molecule has 0 aliphatic rings. The Balaban J connectivity index is 1.34. The van der Waals surface area contributed by atoms with Crippen molar-refractivity contribution in [2.45, 2.75) is 0 Å². The number of fused-ring (bicyclic) bond motifs is 6. The molecule has 2 nitrogen and oxygen atoms in total. The monoisotopic (exact) mass is 563 g/mol. The maximum Gasteiger partial charge on any atom is 0.136 e. The van der Waals surface area contributed by atoms with E-state index in [2.05, 4.69) is 142 Å². The van der Waals surface area contributed by atoms with E-state index in [1.165, 1.54) is 44.1 Å². The van der Waals surface area contributed by atoms with Crippen molar-refractivity contribution in [3.05, 3.63) is 138 Å². The minimum Gasteiger partial charge on any atom is -0.456 e. The first kappa shape index (κ1) is 22.4. The molecule has 0 amide bonds. The van der Waals surface area contributed by atoms with Crippen LogP contribution in [-0.4, -0.2) is 4.57 Å². The highest BCUT2D eigenvalue weighted by molar-refractivity contribution is 9.10. The second-order valence-electron chi connectivity index (χ2n) is 9.93. The standard InChI is InChI=1S/C36H22BrNO/c37-31-13-7-15-35-36(31)30-22-27(17-19-34(30)39-35)38-32-14-5-4-12-28(32)29-21-26(16-18-33(29)38)25-11-6-10-24(20-25)23-8-2-1-3-9-23/h1-22H. The van der Waals surface area contributed by atoms with Crippen molar-refractivity contribution in [3.63, 3.8) is 0 Å². The number of hydrogen-bond acceptors (Lipinski definition) is 1. The summed E-state index contributed by atoms with van der Waals surface area (Å²) in [6.07, 6.45) is 0. The van der Waals surface area contributed by atoms with Crippen LogP contribution in [0.3, 0.4) is 0 Å². The second-order valence-corrected chi connectivity index (χ2v) is 10.8. The molecular weight excluding hydrogens is 542 g/mol. The van der Waals surface area contributed by atoms with Gasteiger partial charge in [0.05, 0.1) is 11.0 Å². The second kappa shape index (κ2) is 8.72. The van der Waals surface area contributed by atoms with Crippen LogP contribution >= 0.6 is 15.9 Å². The van der Waals surface area contributed by atoms with Gasteiger partial charge in [-0.05, 0) is 76.9 Å². The summed E-state index contributed by atoms with van der Waals surface area (Å²) >= 11 is 3.73. The predicted molar refractivity (Wildman–Crippen MR) is 167 cm³/mol. The molecule has 0 spiro atoms. The number of furan rings is 1. The summed E-state index contributed by atoms with van der Waals surface area (Å²) in [5.74, 6) is 0. The van der Waals surface area contributed by atoms with Crippen LogP contribution in [0.15, 0.2) is 142 Å². The number of nitrogens with zero attached hydrogens (tertiary/aromatic N) is 1. The third kappa shape index (κ3) is 3.54. The van der Waals surface area contributed by atoms with Crippen molar-refractivity contribution in [3.8, 4) is 27.9 Å². The number of rotatable bonds is 3. The fraction of sp³-hybridized carbons (Fsp3) is 0. The van der Waals surface area contributed by atoms with Gasteiger partial charge in [-0.2, -0.15) is 0 Å². The molecule has 2 heterocycles. The van der Waals surface area contributed by atoms with Crippen LogP contribution in [0.4, 0.5) is 0 Å². The normalized spacial score (nSPS) is 11.7. The average Bonchev–Trinajstić information content (AvgIpc) is 3.53. The largest absolute Gasteiger partial charge is 0.456 e. The summed E-state index contributed by atoms with van der Waals surface area (Å²) in [5.41, 5.74) is 10.1. The van der Waals surface area contributed by atoms with Gasteiger partial charge >= 0.3 is 0 Å². The third-order valence-corrected chi connectivity index (χ3v) is 8.32. The lowest BCUT2D eigenvalue weighted by Gasteiger charge is -2.09. The number of halogens is 1. The first-order valence-corrected chi connectivity index (χ1v) is 13.8. The Labute approximate surface area is 233 Å². The Morgan fingerprint density at radius 3 is 2.08 bits per heavy atom. The van der Waals surface area contributed by atoms with Crippen LogP contribution in [0, 0.1) is 0 Å². The van der Waals surface area contributed by atoms with Crippen molar-refractivity contribution < 1.29 is 4.42 Å². The molecule has 0 aliphatic heterocycles. The van der Waals surface area contributed by atoms with Gasteiger partial charge < -0.3 is 8.98 Å². The summed E-state index contributed by atoms with van der Waals surface area (Å²) in [4.78, 5) is 0. The first-order chi connectivity index (χ1) is 19.2. The maximum atomic E-state index is 6.15. The van der Waals surface area contributed by atoms with E-state index in [1.807, 2.05) is 12.1 Å². The summed E-state index contributed by atoms with van der Waals surface area (Å²) in [7, 11) is 0. The molecule has 3 heteroatoms. The van der Waals surface area contributed by atoms with Crippen LogP contribution < -0.4 is 0 Å². The van der Waals surface area contributed by atoms with Crippen LogP contribution in [0.2, 0.25) is 0 Å². The molecule has 0 unspecified atom stereocenters. The van der Waals surface area contributed by atoms with Gasteiger partial charge in [0, 0.05) is 31.7 Å². The zero-order valence-corrected chi connectivity index (χ0v) is 22.5. The lowest BCUT2D eigenvalue weighted by atomic mass is 9.98. The molecule has 0 bridgehead atoms. The van der Waals surface area contributed by atoms with Crippen molar-refractivity contribution in [1.82, 2.24) is 4.57 Å². The fourth-order valence-electron chi connectivity index (χ4n) is 5.85. The van der Waals surface area contributed by atoms with Crippen LogP contribution in [0.25, 0.3) is 71.7 Å². The van der Waals surface area contributed by atoms with E-state index in [0.717, 1.165) is 32.1 Å². The SMILES string of the molecule is Brc1cccc2oc3ccc(-n4c5ccccc5c5cc(-c6cccc(-c7ccccc7)c6)ccc54)cc3c12. The molecule has 0 radical (unpaired) electrons. The summed E-state index contributed by atoms with van der Waals surface area (Å²) in [5, 5.41) is 4.70. The average molecular weight is 564 g/mol. The van der Waals surface area contributed by atoms with Crippen molar-refractivity contribution in [2.75, 3.05) is 0 Å². The van der Waals surface area contributed by atoms with E-state index in [1.54, 1.807) is 0 Å². The molecule has 8 rings (SSSR count). The molecule has 2 aromatic heterocycles. The lowest BCUT2D eigenvalue weighted by molar-refractivity contribution is 0.669. The van der Waals surface area contributed by atoms with E-state index in [0.29, 0.717) is 0 Å². The zero-order valence-electron chi connectivity index (χ0n) is 20.9. The van der Waals surface area contributed by atoms with Gasteiger partial charge in [0.15, 0.2) is 0 Å². The van der Waals surface area contributed by atoms with Gasteiger partial charge in [0.1, 0.15) is 11.2 Å². The Morgan fingerprint density at radius 2 is 1.18 bits per heavy atom. The van der Waals surface area contributed by atoms with Gasteiger partial charge in [-0.3, -0.25) is 0 Å². The van der Waals surface area contributed by atoms with Gasteiger partial charge in [-0.1, -0.05) is 94.8 Å². The Morgan fingerprint density at radius 1 is 0.462 bits per heavy atom. The molecule has 39 heavy (non-hydrogen) atoms. The van der Waals surface area contributed by atoms with Crippen LogP contribution in [-0.2, 0) is 0 Å². The molecule has 0 atom stereocenters. The highest BCUT2D eigenvalue weighted by atomic mass is 79.9. The molecule has 184 valence electrons. The number of hydrogen-bond donors (Lipinski definition) is 0. The topological polar surface area (TPSA) is 18.1 Å². The van der Waals surface area contributed by atoms with Gasteiger partial charge in [-0.15, -0.1) is 0 Å². The molecule has 0 fully saturated rings. The number of aromatic nitrogens is 1. The smallest absolute Gasteiger partial charge is 0.136 e. The highest BCUT2D eigenvalue weighted by Crippen LogP contribution is 2.39. The molecule has 0 aliphatic carbocycles. The van der Waals surface area contributed by atoms with Gasteiger partial charge in [0.25, 0.3) is 0 Å². The Hall–Kier alpha value is -4.60. The molecule has 6 aromatic carbocycles. The summed E-state index contributed by atoms with van der Waals surface area (Å²) < 4.78 is 9.55. The van der Waals surface area contributed by atoms with E-state index in [-0.39, 0.29) is 0 Å². The van der Waals surface area contributed by atoms with Crippen molar-refractivity contribution in [1.29, 1.82) is 0 Å². The zero-order chi connectivity index (χ0) is 25.9. The molecular formula is C36H22BrNO. The number of para-hydroxylation sites is 1. The highest BCUT2D eigenvalue weighted by Gasteiger charge is 2.16. The Bertz CT molecular complexity index is 2190. The fourth-order valence-corrected chi connectivity index (χ4v) is 6.41. The lowest BCUT2D eigenvalue weighted by Crippen LogP contribution is -1.93.